The molecule has 7 heteroatoms. The van der Waals surface area contributed by atoms with Crippen LogP contribution in [0.1, 0.15) is 15.9 Å². The average molecular weight is 425 g/mol. The van der Waals surface area contributed by atoms with Gasteiger partial charge in [-0.25, -0.2) is 0 Å². The number of benzene rings is 1. The van der Waals surface area contributed by atoms with Gasteiger partial charge in [0.2, 0.25) is 0 Å². The molecule has 0 aliphatic carbocycles. The Bertz CT molecular complexity index is 764. The number of nitrogens with zero attached hydrogens (tertiary/aromatic N) is 3. The largest absolute Gasteiger partial charge is 0.496 e. The van der Waals surface area contributed by atoms with Crippen molar-refractivity contribution >= 4 is 33.4 Å². The molecule has 1 aromatic carbocycles. The lowest BCUT2D eigenvalue weighted by Gasteiger charge is -2.35. The molecule has 0 radical (unpaired) electrons. The molecular weight excluding hydrogens is 406 g/mol. The third-order valence-corrected chi connectivity index (χ3v) is 4.92. The zero-order chi connectivity index (χ0) is 17.8. The van der Waals surface area contributed by atoms with E-state index in [9.17, 15) is 4.79 Å². The van der Waals surface area contributed by atoms with E-state index in [1.165, 1.54) is 0 Å². The van der Waals surface area contributed by atoms with Gasteiger partial charge in [-0.1, -0.05) is 11.6 Å². The molecule has 5 nitrogen and oxygen atoms in total. The summed E-state index contributed by atoms with van der Waals surface area (Å²) in [6.07, 6.45) is 3.28. The van der Waals surface area contributed by atoms with E-state index in [0.717, 1.165) is 35.4 Å². The molecule has 0 saturated carbocycles. The van der Waals surface area contributed by atoms with Crippen LogP contribution >= 0.6 is 27.5 Å². The number of piperazine rings is 1. The molecule has 25 heavy (non-hydrogen) atoms. The second-order valence-corrected chi connectivity index (χ2v) is 7.27. The van der Waals surface area contributed by atoms with Crippen LogP contribution in [0.2, 0.25) is 5.02 Å². The maximum atomic E-state index is 12.6. The summed E-state index contributed by atoms with van der Waals surface area (Å²) in [5.41, 5.74) is 1.67. The number of methoxy groups -OCH3 is 1. The molecule has 0 bridgehead atoms. The number of hydrogen-bond donors (Lipinski definition) is 0. The molecule has 0 atom stereocenters. The summed E-state index contributed by atoms with van der Waals surface area (Å²) in [4.78, 5) is 20.8. The van der Waals surface area contributed by atoms with E-state index in [4.69, 9.17) is 16.3 Å². The second-order valence-electron chi connectivity index (χ2n) is 5.92. The molecule has 0 N–H and O–H groups in total. The van der Waals surface area contributed by atoms with Crippen LogP contribution in [0, 0.1) is 0 Å². The number of amides is 1. The first-order chi connectivity index (χ1) is 12.1. The van der Waals surface area contributed by atoms with Crippen LogP contribution in [0.15, 0.2) is 41.1 Å². The minimum atomic E-state index is 0.0220. The first-order valence-electron chi connectivity index (χ1n) is 8.01. The van der Waals surface area contributed by atoms with Crippen molar-refractivity contribution in [2.24, 2.45) is 0 Å². The summed E-state index contributed by atoms with van der Waals surface area (Å²) < 4.78 is 6.22. The SMILES string of the molecule is COc1ccc(Cl)cc1CN1CCN(C(=O)c2cncc(Br)c2)CC1. The number of carbonyl (C=O) groups excluding carboxylic acids is 1. The van der Waals surface area contributed by atoms with Crippen molar-refractivity contribution in [3.8, 4) is 5.75 Å². The molecule has 3 rings (SSSR count). The van der Waals surface area contributed by atoms with E-state index in [-0.39, 0.29) is 5.91 Å². The lowest BCUT2D eigenvalue weighted by atomic mass is 10.1. The maximum Gasteiger partial charge on any atom is 0.255 e. The molecule has 1 aliphatic rings. The van der Waals surface area contributed by atoms with Gasteiger partial charge in [0, 0.05) is 60.2 Å². The van der Waals surface area contributed by atoms with Crippen LogP contribution in [-0.4, -0.2) is 54.0 Å². The van der Waals surface area contributed by atoms with Gasteiger partial charge >= 0.3 is 0 Å². The summed E-state index contributed by atoms with van der Waals surface area (Å²) in [7, 11) is 1.66. The van der Waals surface area contributed by atoms with Crippen molar-refractivity contribution in [3.63, 3.8) is 0 Å². The van der Waals surface area contributed by atoms with Crippen molar-refractivity contribution in [1.82, 2.24) is 14.8 Å². The highest BCUT2D eigenvalue weighted by molar-refractivity contribution is 9.10. The Morgan fingerprint density at radius 3 is 2.68 bits per heavy atom. The van der Waals surface area contributed by atoms with Crippen molar-refractivity contribution < 1.29 is 9.53 Å². The first kappa shape index (κ1) is 18.2. The van der Waals surface area contributed by atoms with Crippen molar-refractivity contribution in [3.05, 3.63) is 57.3 Å². The van der Waals surface area contributed by atoms with E-state index >= 15 is 0 Å². The van der Waals surface area contributed by atoms with Crippen LogP contribution < -0.4 is 4.74 Å². The van der Waals surface area contributed by atoms with Crippen LogP contribution in [0.5, 0.6) is 5.75 Å². The molecule has 1 aliphatic heterocycles. The average Bonchev–Trinajstić information content (AvgIpc) is 2.62. The standard InChI is InChI=1S/C18H19BrClN3O2/c1-25-17-3-2-16(20)9-14(17)12-22-4-6-23(7-5-22)18(24)13-8-15(19)11-21-10-13/h2-3,8-11H,4-7,12H2,1H3. The molecule has 1 saturated heterocycles. The van der Waals surface area contributed by atoms with Gasteiger partial charge in [-0.2, -0.15) is 0 Å². The van der Waals surface area contributed by atoms with E-state index in [1.54, 1.807) is 25.6 Å². The van der Waals surface area contributed by atoms with Crippen LogP contribution in [-0.2, 0) is 6.54 Å². The fourth-order valence-electron chi connectivity index (χ4n) is 2.93. The summed E-state index contributed by atoms with van der Waals surface area (Å²) >= 11 is 9.46. The second kappa shape index (κ2) is 8.17. The van der Waals surface area contributed by atoms with Crippen LogP contribution in [0.3, 0.4) is 0 Å². The van der Waals surface area contributed by atoms with Gasteiger partial charge in [-0.05, 0) is 40.2 Å². The Morgan fingerprint density at radius 2 is 2.00 bits per heavy atom. The number of pyridine rings is 1. The first-order valence-corrected chi connectivity index (χ1v) is 9.18. The van der Waals surface area contributed by atoms with E-state index in [1.807, 2.05) is 23.1 Å². The van der Waals surface area contributed by atoms with Gasteiger partial charge in [0.15, 0.2) is 0 Å². The van der Waals surface area contributed by atoms with Gasteiger partial charge in [0.1, 0.15) is 5.75 Å². The van der Waals surface area contributed by atoms with Crippen molar-refractivity contribution in [2.75, 3.05) is 33.3 Å². The van der Waals surface area contributed by atoms with E-state index < -0.39 is 0 Å². The third kappa shape index (κ3) is 4.51. The van der Waals surface area contributed by atoms with Gasteiger partial charge < -0.3 is 9.64 Å². The fourth-order valence-corrected chi connectivity index (χ4v) is 3.49. The zero-order valence-corrected chi connectivity index (χ0v) is 16.3. The Kier molecular flexibility index (Phi) is 5.93. The summed E-state index contributed by atoms with van der Waals surface area (Å²) in [6.45, 7) is 3.75. The highest BCUT2D eigenvalue weighted by Crippen LogP contribution is 2.24. The van der Waals surface area contributed by atoms with E-state index in [2.05, 4.69) is 25.8 Å². The number of halogens is 2. The smallest absolute Gasteiger partial charge is 0.255 e. The van der Waals surface area contributed by atoms with E-state index in [0.29, 0.717) is 23.7 Å². The Balaban J connectivity index is 1.61. The minimum absolute atomic E-state index is 0.0220. The van der Waals surface area contributed by atoms with Gasteiger partial charge in [0.25, 0.3) is 5.91 Å². The number of hydrogen-bond acceptors (Lipinski definition) is 4. The van der Waals surface area contributed by atoms with Gasteiger partial charge in [0.05, 0.1) is 12.7 Å². The molecule has 0 unspecified atom stereocenters. The fraction of sp³-hybridized carbons (Fsp3) is 0.333. The number of ether oxygens (including phenoxy) is 1. The molecular formula is C18H19BrClN3O2. The molecule has 2 aromatic rings. The normalized spacial score (nSPS) is 15.2. The Labute approximate surface area is 160 Å². The third-order valence-electron chi connectivity index (χ3n) is 4.25. The molecule has 1 amide bonds. The minimum Gasteiger partial charge on any atom is -0.496 e. The van der Waals surface area contributed by atoms with Crippen LogP contribution in [0.4, 0.5) is 0 Å². The molecule has 1 aromatic heterocycles. The monoisotopic (exact) mass is 423 g/mol. The van der Waals surface area contributed by atoms with Crippen molar-refractivity contribution in [2.45, 2.75) is 6.54 Å². The quantitative estimate of drug-likeness (QED) is 0.754. The highest BCUT2D eigenvalue weighted by Gasteiger charge is 2.23. The topological polar surface area (TPSA) is 45.7 Å². The van der Waals surface area contributed by atoms with Crippen molar-refractivity contribution in [1.29, 1.82) is 0 Å². The number of aromatic nitrogens is 1. The Hall–Kier alpha value is -1.63. The maximum absolute atomic E-state index is 12.6. The predicted octanol–water partition coefficient (Wildman–Crippen LogP) is 3.46. The molecule has 1 fully saturated rings. The Morgan fingerprint density at radius 1 is 1.24 bits per heavy atom. The summed E-state index contributed by atoms with van der Waals surface area (Å²) in [5, 5.41) is 0.701. The summed E-state index contributed by atoms with van der Waals surface area (Å²) in [6, 6.07) is 7.45. The number of rotatable bonds is 4. The van der Waals surface area contributed by atoms with Crippen LogP contribution in [0.25, 0.3) is 0 Å². The number of carbonyl (C=O) groups is 1. The van der Waals surface area contributed by atoms with Gasteiger partial charge in [-0.3, -0.25) is 14.7 Å². The zero-order valence-electron chi connectivity index (χ0n) is 13.9. The predicted molar refractivity (Wildman–Crippen MR) is 101 cm³/mol. The lowest BCUT2D eigenvalue weighted by Crippen LogP contribution is -2.48. The molecule has 132 valence electrons. The highest BCUT2D eigenvalue weighted by atomic mass is 79.9. The van der Waals surface area contributed by atoms with Gasteiger partial charge in [-0.15, -0.1) is 0 Å². The molecule has 0 spiro atoms. The molecule has 2 heterocycles. The lowest BCUT2D eigenvalue weighted by molar-refractivity contribution is 0.0627. The summed E-state index contributed by atoms with van der Waals surface area (Å²) in [5.74, 6) is 0.858.